The predicted molar refractivity (Wildman–Crippen MR) is 100 cm³/mol. The summed E-state index contributed by atoms with van der Waals surface area (Å²) in [4.78, 5) is 11.7. The van der Waals surface area contributed by atoms with Gasteiger partial charge in [0.05, 0.1) is 13.2 Å². The standard InChI is InChI=1S/C20H25NO7/c1-11-7-14(23)8-12(2)21(11)9-13-5-3-4-6-15(13)27-20-19(26)18(25)17(24)16(10-22)28-20/h3-8,16-20,22,24-26H,9-10H2,1-2H3/t16-,17-,18-,19+,20-/m1/s1. The number of hydrogen-bond donors (Lipinski definition) is 4. The highest BCUT2D eigenvalue weighted by Crippen LogP contribution is 2.27. The van der Waals surface area contributed by atoms with Gasteiger partial charge in [-0.2, -0.15) is 0 Å². The number of benzene rings is 1. The lowest BCUT2D eigenvalue weighted by Gasteiger charge is -2.39. The minimum Gasteiger partial charge on any atom is -0.462 e. The molecule has 1 saturated heterocycles. The monoisotopic (exact) mass is 391 g/mol. The molecule has 8 nitrogen and oxygen atoms in total. The van der Waals surface area contributed by atoms with E-state index in [0.717, 1.165) is 17.0 Å². The minimum absolute atomic E-state index is 0.0582. The van der Waals surface area contributed by atoms with E-state index in [-0.39, 0.29) is 5.43 Å². The zero-order valence-electron chi connectivity index (χ0n) is 15.7. The van der Waals surface area contributed by atoms with Gasteiger partial charge in [0.15, 0.2) is 5.43 Å². The number of para-hydroxylation sites is 1. The first-order valence-corrected chi connectivity index (χ1v) is 9.05. The summed E-state index contributed by atoms with van der Waals surface area (Å²) in [5, 5.41) is 39.4. The molecule has 8 heteroatoms. The number of aliphatic hydroxyl groups excluding tert-OH is 4. The Morgan fingerprint density at radius 3 is 2.32 bits per heavy atom. The number of aliphatic hydroxyl groups is 4. The van der Waals surface area contributed by atoms with Crippen molar-refractivity contribution in [1.82, 2.24) is 4.57 Å². The average molecular weight is 391 g/mol. The third-order valence-electron chi connectivity index (χ3n) is 4.95. The summed E-state index contributed by atoms with van der Waals surface area (Å²) in [6, 6.07) is 10.2. The second-order valence-electron chi connectivity index (χ2n) is 6.98. The molecule has 1 aromatic carbocycles. The molecule has 5 atom stereocenters. The van der Waals surface area contributed by atoms with Crippen LogP contribution in [-0.4, -0.2) is 62.3 Å². The molecule has 0 radical (unpaired) electrons. The van der Waals surface area contributed by atoms with Gasteiger partial charge < -0.3 is 34.5 Å². The minimum atomic E-state index is -1.51. The fraction of sp³-hybridized carbons (Fsp3) is 0.450. The van der Waals surface area contributed by atoms with Crippen LogP contribution < -0.4 is 10.2 Å². The molecule has 1 fully saturated rings. The van der Waals surface area contributed by atoms with E-state index >= 15 is 0 Å². The number of pyridine rings is 1. The van der Waals surface area contributed by atoms with E-state index in [1.807, 2.05) is 30.5 Å². The smallest absolute Gasteiger partial charge is 0.229 e. The van der Waals surface area contributed by atoms with E-state index in [0.29, 0.717) is 12.3 Å². The zero-order chi connectivity index (χ0) is 20.4. The van der Waals surface area contributed by atoms with Gasteiger partial charge in [0, 0.05) is 29.1 Å². The Morgan fingerprint density at radius 2 is 1.68 bits per heavy atom. The number of aryl methyl sites for hydroxylation is 2. The summed E-state index contributed by atoms with van der Waals surface area (Å²) in [5.41, 5.74) is 2.31. The highest BCUT2D eigenvalue weighted by Gasteiger charge is 2.44. The van der Waals surface area contributed by atoms with Crippen LogP contribution in [0.4, 0.5) is 0 Å². The van der Waals surface area contributed by atoms with E-state index in [1.54, 1.807) is 24.3 Å². The van der Waals surface area contributed by atoms with Gasteiger partial charge in [0.2, 0.25) is 6.29 Å². The lowest BCUT2D eigenvalue weighted by Crippen LogP contribution is -2.60. The third-order valence-corrected chi connectivity index (χ3v) is 4.95. The largest absolute Gasteiger partial charge is 0.462 e. The molecule has 0 amide bonds. The molecular weight excluding hydrogens is 366 g/mol. The molecule has 1 aliphatic heterocycles. The molecule has 152 valence electrons. The SMILES string of the molecule is Cc1cc(=O)cc(C)n1Cc1ccccc1O[C@@H]1O[C@H](CO)[C@@H](O)[C@@H](O)[C@@H]1O. The maximum atomic E-state index is 11.7. The molecule has 2 aromatic rings. The van der Waals surface area contributed by atoms with Crippen LogP contribution in [0.5, 0.6) is 5.75 Å². The van der Waals surface area contributed by atoms with Crippen molar-refractivity contribution < 1.29 is 29.9 Å². The van der Waals surface area contributed by atoms with Crippen molar-refractivity contribution in [3.05, 3.63) is 63.6 Å². The summed E-state index contributed by atoms with van der Waals surface area (Å²) in [6.45, 7) is 3.58. The van der Waals surface area contributed by atoms with E-state index in [1.165, 1.54) is 0 Å². The fourth-order valence-electron chi connectivity index (χ4n) is 3.35. The van der Waals surface area contributed by atoms with Crippen LogP contribution in [0.1, 0.15) is 17.0 Å². The Balaban J connectivity index is 1.86. The number of hydrogen-bond acceptors (Lipinski definition) is 7. The summed E-state index contributed by atoms with van der Waals surface area (Å²) >= 11 is 0. The highest BCUT2D eigenvalue weighted by molar-refractivity contribution is 5.34. The molecule has 0 aliphatic carbocycles. The molecule has 1 aromatic heterocycles. The summed E-state index contributed by atoms with van der Waals surface area (Å²) in [6.07, 6.45) is -6.73. The van der Waals surface area contributed by atoms with Crippen molar-refractivity contribution >= 4 is 0 Å². The fourth-order valence-corrected chi connectivity index (χ4v) is 3.35. The third kappa shape index (κ3) is 4.11. The summed E-state index contributed by atoms with van der Waals surface area (Å²) in [5.74, 6) is 0.421. The van der Waals surface area contributed by atoms with Crippen molar-refractivity contribution in [2.75, 3.05) is 6.61 Å². The molecule has 0 unspecified atom stereocenters. The van der Waals surface area contributed by atoms with E-state index in [4.69, 9.17) is 9.47 Å². The summed E-state index contributed by atoms with van der Waals surface area (Å²) in [7, 11) is 0. The van der Waals surface area contributed by atoms with Crippen LogP contribution in [0, 0.1) is 13.8 Å². The van der Waals surface area contributed by atoms with Crippen molar-refractivity contribution in [2.45, 2.75) is 51.1 Å². The van der Waals surface area contributed by atoms with Gasteiger partial charge in [-0.3, -0.25) is 4.79 Å². The number of rotatable bonds is 5. The number of ether oxygens (including phenoxy) is 2. The second-order valence-corrected chi connectivity index (χ2v) is 6.98. The van der Waals surface area contributed by atoms with Gasteiger partial charge in [-0.25, -0.2) is 0 Å². The maximum Gasteiger partial charge on any atom is 0.229 e. The lowest BCUT2D eigenvalue weighted by molar-refractivity contribution is -0.277. The van der Waals surface area contributed by atoms with Gasteiger partial charge in [0.25, 0.3) is 0 Å². The second kappa shape index (κ2) is 8.42. The van der Waals surface area contributed by atoms with E-state index in [2.05, 4.69) is 0 Å². The zero-order valence-corrected chi connectivity index (χ0v) is 15.7. The Labute approximate surface area is 162 Å². The van der Waals surface area contributed by atoms with Crippen molar-refractivity contribution in [3.63, 3.8) is 0 Å². The Bertz CT molecular complexity index is 853. The molecular formula is C20H25NO7. The van der Waals surface area contributed by atoms with Crippen molar-refractivity contribution in [3.8, 4) is 5.75 Å². The molecule has 28 heavy (non-hydrogen) atoms. The average Bonchev–Trinajstić information content (AvgIpc) is 2.66. The molecule has 4 N–H and O–H groups in total. The van der Waals surface area contributed by atoms with Gasteiger partial charge >= 0.3 is 0 Å². The van der Waals surface area contributed by atoms with Crippen LogP contribution in [-0.2, 0) is 11.3 Å². The molecule has 0 saturated carbocycles. The van der Waals surface area contributed by atoms with E-state index < -0.39 is 37.3 Å². The quantitative estimate of drug-likeness (QED) is 0.552. The Kier molecular flexibility index (Phi) is 6.17. The molecule has 0 spiro atoms. The molecule has 3 rings (SSSR count). The molecule has 0 bridgehead atoms. The van der Waals surface area contributed by atoms with Crippen molar-refractivity contribution in [2.24, 2.45) is 0 Å². The topological polar surface area (TPSA) is 121 Å². The predicted octanol–water partition coefficient (Wildman–Crippen LogP) is -0.308. The van der Waals surface area contributed by atoms with Crippen molar-refractivity contribution in [1.29, 1.82) is 0 Å². The normalized spacial score (nSPS) is 27.6. The Hall–Kier alpha value is -2.23. The summed E-state index contributed by atoms with van der Waals surface area (Å²) < 4.78 is 13.2. The highest BCUT2D eigenvalue weighted by atomic mass is 16.7. The van der Waals surface area contributed by atoms with Gasteiger partial charge in [0.1, 0.15) is 30.2 Å². The first kappa shape index (κ1) is 20.5. The van der Waals surface area contributed by atoms with Gasteiger partial charge in [-0.15, -0.1) is 0 Å². The van der Waals surface area contributed by atoms with Crippen LogP contribution in [0.3, 0.4) is 0 Å². The van der Waals surface area contributed by atoms with Gasteiger partial charge in [-0.1, -0.05) is 18.2 Å². The number of aromatic nitrogens is 1. The Morgan fingerprint density at radius 1 is 1.04 bits per heavy atom. The van der Waals surface area contributed by atoms with Crippen LogP contribution >= 0.6 is 0 Å². The van der Waals surface area contributed by atoms with Gasteiger partial charge in [-0.05, 0) is 19.9 Å². The van der Waals surface area contributed by atoms with Crippen LogP contribution in [0.25, 0.3) is 0 Å². The van der Waals surface area contributed by atoms with E-state index in [9.17, 15) is 25.2 Å². The molecule has 1 aliphatic rings. The van der Waals surface area contributed by atoms with Crippen LogP contribution in [0.15, 0.2) is 41.2 Å². The van der Waals surface area contributed by atoms with Crippen LogP contribution in [0.2, 0.25) is 0 Å². The first-order chi connectivity index (χ1) is 13.3. The lowest BCUT2D eigenvalue weighted by atomic mass is 9.99. The number of nitrogens with zero attached hydrogens (tertiary/aromatic N) is 1. The molecule has 2 heterocycles. The first-order valence-electron chi connectivity index (χ1n) is 9.05. The maximum absolute atomic E-state index is 11.7.